The first-order chi connectivity index (χ1) is 10.3. The Morgan fingerprint density at radius 2 is 1.82 bits per heavy atom. The second-order valence-electron chi connectivity index (χ2n) is 5.80. The molecule has 4 nitrogen and oxygen atoms in total. The fraction of sp³-hybridized carbons (Fsp3) is 0.429. The van der Waals surface area contributed by atoms with Crippen molar-refractivity contribution in [2.45, 2.75) is 38.4 Å². The van der Waals surface area contributed by atoms with E-state index in [1.807, 2.05) is 11.1 Å². The average molecular weight is 379 g/mol. The highest BCUT2D eigenvalue weighted by Crippen LogP contribution is 2.44. The highest BCUT2D eigenvalue weighted by molar-refractivity contribution is 6.53. The molecule has 116 valence electrons. The molecule has 0 amide bonds. The van der Waals surface area contributed by atoms with Crippen molar-refractivity contribution >= 4 is 52.3 Å². The zero-order chi connectivity index (χ0) is 16.2. The van der Waals surface area contributed by atoms with Gasteiger partial charge in [0.2, 0.25) is 5.90 Å². The lowest BCUT2D eigenvalue weighted by Crippen LogP contribution is -2.39. The van der Waals surface area contributed by atoms with Gasteiger partial charge < -0.3 is 4.84 Å². The zero-order valence-electron chi connectivity index (χ0n) is 11.8. The van der Waals surface area contributed by atoms with E-state index in [1.165, 1.54) is 0 Å². The van der Waals surface area contributed by atoms with Crippen LogP contribution in [0.15, 0.2) is 4.99 Å². The van der Waals surface area contributed by atoms with E-state index >= 15 is 0 Å². The van der Waals surface area contributed by atoms with Crippen LogP contribution in [0.25, 0.3) is 0 Å². The Hall–Kier alpha value is -0.700. The Labute approximate surface area is 148 Å². The summed E-state index contributed by atoms with van der Waals surface area (Å²) in [7, 11) is 0. The molecule has 2 aliphatic heterocycles. The molecule has 0 N–H and O–H groups in total. The molecule has 0 aliphatic carbocycles. The summed E-state index contributed by atoms with van der Waals surface area (Å²) >= 11 is 24.5. The number of benzene rings is 1. The van der Waals surface area contributed by atoms with Crippen LogP contribution in [0.4, 0.5) is 0 Å². The molecule has 0 saturated carbocycles. The molecule has 1 fully saturated rings. The first-order valence-corrected chi connectivity index (χ1v) is 8.10. The van der Waals surface area contributed by atoms with Crippen molar-refractivity contribution in [1.29, 1.82) is 5.26 Å². The normalized spacial score (nSPS) is 23.0. The molecule has 2 aliphatic rings. The molecule has 1 saturated heterocycles. The second-order valence-corrected chi connectivity index (χ2v) is 7.31. The van der Waals surface area contributed by atoms with Crippen molar-refractivity contribution in [2.24, 2.45) is 4.99 Å². The molecule has 0 aromatic heterocycles. The largest absolute Gasteiger partial charge is 0.383 e. The molecule has 1 atom stereocenters. The number of hydrogen-bond acceptors (Lipinski definition) is 4. The summed E-state index contributed by atoms with van der Waals surface area (Å²) in [4.78, 5) is 10.4. The van der Waals surface area contributed by atoms with Gasteiger partial charge in [-0.05, 0) is 26.7 Å². The summed E-state index contributed by atoms with van der Waals surface area (Å²) < 4.78 is 0. The molecule has 0 radical (unpaired) electrons. The van der Waals surface area contributed by atoms with E-state index in [4.69, 9.17) is 51.2 Å². The zero-order valence-corrected chi connectivity index (χ0v) is 14.8. The van der Waals surface area contributed by atoms with E-state index in [0.717, 1.165) is 12.8 Å². The minimum absolute atomic E-state index is 0.0474. The van der Waals surface area contributed by atoms with Gasteiger partial charge in [0, 0.05) is 0 Å². The van der Waals surface area contributed by atoms with Crippen molar-refractivity contribution in [3.05, 3.63) is 31.2 Å². The number of aliphatic imine (C=N–C) groups is 1. The fourth-order valence-corrected chi connectivity index (χ4v) is 3.69. The first-order valence-electron chi connectivity index (χ1n) is 6.59. The Balaban J connectivity index is 2.14. The van der Waals surface area contributed by atoms with Crippen LogP contribution in [0, 0.1) is 11.3 Å². The van der Waals surface area contributed by atoms with Gasteiger partial charge in [0.15, 0.2) is 0 Å². The Kier molecular flexibility index (Phi) is 3.99. The first kappa shape index (κ1) is 16.2. The lowest BCUT2D eigenvalue weighted by atomic mass is 10.0. The number of fused-ring (bicyclic) bond motifs is 1. The monoisotopic (exact) mass is 377 g/mol. The fourth-order valence-electron chi connectivity index (χ4n) is 2.71. The van der Waals surface area contributed by atoms with E-state index in [-0.39, 0.29) is 48.8 Å². The van der Waals surface area contributed by atoms with Gasteiger partial charge in [-0.1, -0.05) is 46.4 Å². The Morgan fingerprint density at radius 1 is 1.18 bits per heavy atom. The molecular weight excluding hydrogens is 368 g/mol. The molecule has 22 heavy (non-hydrogen) atoms. The maximum absolute atomic E-state index is 9.39. The molecule has 0 bridgehead atoms. The predicted molar refractivity (Wildman–Crippen MR) is 87.8 cm³/mol. The third-order valence-corrected chi connectivity index (χ3v) is 5.73. The Bertz CT molecular complexity index is 739. The van der Waals surface area contributed by atoms with Crippen molar-refractivity contribution < 1.29 is 4.84 Å². The van der Waals surface area contributed by atoms with Crippen LogP contribution in [0.3, 0.4) is 0 Å². The third kappa shape index (κ3) is 2.28. The molecule has 1 unspecified atom stereocenters. The highest BCUT2D eigenvalue weighted by Gasteiger charge is 2.46. The SMILES string of the molecule is CC1(C)CCC2N=C(c3c(Cl)c(Cl)c(Cl)c(Cl)c3C#N)ON21. The van der Waals surface area contributed by atoms with Gasteiger partial charge >= 0.3 is 0 Å². The third-order valence-electron chi connectivity index (χ3n) is 3.93. The minimum Gasteiger partial charge on any atom is -0.383 e. The van der Waals surface area contributed by atoms with Crippen LogP contribution in [0.2, 0.25) is 20.1 Å². The number of halogens is 4. The molecule has 8 heteroatoms. The van der Waals surface area contributed by atoms with Crippen LogP contribution >= 0.6 is 46.4 Å². The van der Waals surface area contributed by atoms with Crippen LogP contribution in [0.1, 0.15) is 37.8 Å². The summed E-state index contributed by atoms with van der Waals surface area (Å²) in [6.07, 6.45) is 1.74. The molecule has 3 rings (SSSR count). The van der Waals surface area contributed by atoms with Crippen molar-refractivity contribution in [2.75, 3.05) is 0 Å². The van der Waals surface area contributed by atoms with Crippen LogP contribution in [0.5, 0.6) is 0 Å². The average Bonchev–Trinajstić information content (AvgIpc) is 3.01. The van der Waals surface area contributed by atoms with E-state index in [2.05, 4.69) is 18.8 Å². The topological polar surface area (TPSA) is 48.6 Å². The summed E-state index contributed by atoms with van der Waals surface area (Å²) in [5.74, 6) is 0.250. The molecule has 0 spiro atoms. The molecule has 2 heterocycles. The van der Waals surface area contributed by atoms with Crippen molar-refractivity contribution in [3.8, 4) is 6.07 Å². The number of nitriles is 1. The highest BCUT2D eigenvalue weighted by atomic mass is 35.5. The molecular formula is C14H11Cl4N3O. The van der Waals surface area contributed by atoms with E-state index in [0.29, 0.717) is 0 Å². The van der Waals surface area contributed by atoms with Crippen molar-refractivity contribution in [3.63, 3.8) is 0 Å². The number of nitrogens with zero attached hydrogens (tertiary/aromatic N) is 3. The minimum atomic E-state index is -0.144. The standard InChI is InChI=1S/C14H11Cl4N3O/c1-14(2)4-3-7-20-13(22-21(7)14)8-6(5-19)9(15)11(17)12(18)10(8)16/h7H,3-4H2,1-2H3. The lowest BCUT2D eigenvalue weighted by molar-refractivity contribution is -0.125. The maximum atomic E-state index is 9.39. The van der Waals surface area contributed by atoms with Gasteiger partial charge in [-0.2, -0.15) is 5.26 Å². The van der Waals surface area contributed by atoms with E-state index in [1.54, 1.807) is 0 Å². The van der Waals surface area contributed by atoms with Gasteiger partial charge in [0.25, 0.3) is 0 Å². The van der Waals surface area contributed by atoms with Crippen LogP contribution in [-0.4, -0.2) is 22.7 Å². The van der Waals surface area contributed by atoms with Gasteiger partial charge in [-0.3, -0.25) is 0 Å². The molecule has 1 aromatic rings. The van der Waals surface area contributed by atoms with Gasteiger partial charge in [0.05, 0.1) is 36.8 Å². The number of hydroxylamine groups is 2. The summed E-state index contributed by atoms with van der Waals surface area (Å²) in [6, 6.07) is 2.00. The van der Waals surface area contributed by atoms with Gasteiger partial charge in [-0.15, -0.1) is 5.06 Å². The number of hydrogen-bond donors (Lipinski definition) is 0. The summed E-state index contributed by atoms with van der Waals surface area (Å²) in [5, 5.41) is 11.5. The summed E-state index contributed by atoms with van der Waals surface area (Å²) in [6.45, 7) is 4.14. The maximum Gasteiger partial charge on any atom is 0.245 e. The smallest absolute Gasteiger partial charge is 0.245 e. The second kappa shape index (κ2) is 5.43. The van der Waals surface area contributed by atoms with Crippen molar-refractivity contribution in [1.82, 2.24) is 5.06 Å². The van der Waals surface area contributed by atoms with E-state index < -0.39 is 0 Å². The van der Waals surface area contributed by atoms with Gasteiger partial charge in [-0.25, -0.2) is 4.99 Å². The predicted octanol–water partition coefficient (Wildman–Crippen LogP) is 5.06. The van der Waals surface area contributed by atoms with Gasteiger partial charge in [0.1, 0.15) is 12.2 Å². The number of rotatable bonds is 1. The molecule has 1 aromatic carbocycles. The Morgan fingerprint density at radius 3 is 2.41 bits per heavy atom. The van der Waals surface area contributed by atoms with Crippen LogP contribution < -0.4 is 0 Å². The summed E-state index contributed by atoms with van der Waals surface area (Å²) in [5.41, 5.74) is 0.252. The lowest BCUT2D eigenvalue weighted by Gasteiger charge is -2.28. The quantitative estimate of drug-likeness (QED) is 0.506. The van der Waals surface area contributed by atoms with E-state index in [9.17, 15) is 5.26 Å². The van der Waals surface area contributed by atoms with Crippen LogP contribution in [-0.2, 0) is 4.84 Å².